The number of aromatic nitrogens is 1. The molecule has 0 spiro atoms. The Balaban J connectivity index is 0.00000133. The second-order valence-electron chi connectivity index (χ2n) is 8.28. The molecule has 0 amide bonds. The van der Waals surface area contributed by atoms with Gasteiger partial charge in [0.1, 0.15) is 11.6 Å². The summed E-state index contributed by atoms with van der Waals surface area (Å²) < 4.78 is 3.70. The highest BCUT2D eigenvalue weighted by molar-refractivity contribution is 7.10. The summed E-state index contributed by atoms with van der Waals surface area (Å²) in [5, 5.41) is 2.65. The van der Waals surface area contributed by atoms with Crippen molar-refractivity contribution in [1.29, 1.82) is 0 Å². The third-order valence-electron chi connectivity index (χ3n) is 5.69. The van der Waals surface area contributed by atoms with Crippen LogP contribution in [0.25, 0.3) is 23.8 Å². The van der Waals surface area contributed by atoms with Gasteiger partial charge in [-0.2, -0.15) is 4.57 Å². The molecule has 2 heterocycles. The summed E-state index contributed by atoms with van der Waals surface area (Å²) in [6, 6.07) is 8.69. The second kappa shape index (κ2) is 13.9. The van der Waals surface area contributed by atoms with Crippen LogP contribution in [0.15, 0.2) is 60.8 Å². The largest absolute Gasteiger partial charge is 0.347 e. The van der Waals surface area contributed by atoms with E-state index in [1.54, 1.807) is 0 Å². The molecule has 1 aliphatic heterocycles. The lowest BCUT2D eigenvalue weighted by Gasteiger charge is -2.28. The van der Waals surface area contributed by atoms with Gasteiger partial charge in [0.15, 0.2) is 0 Å². The van der Waals surface area contributed by atoms with E-state index >= 15 is 0 Å². The van der Waals surface area contributed by atoms with Crippen LogP contribution in [-0.2, 0) is 7.05 Å². The fourth-order valence-electron chi connectivity index (χ4n) is 4.05. The first-order valence-corrected chi connectivity index (χ1v) is 12.9. The zero-order valence-electron chi connectivity index (χ0n) is 20.8. The van der Waals surface area contributed by atoms with Gasteiger partial charge in [0, 0.05) is 30.1 Å². The molecule has 0 saturated heterocycles. The quantitative estimate of drug-likeness (QED) is 0.384. The average molecular weight is 477 g/mol. The SMILES string of the molecule is C.CC.CN(C)CCCN1C=C\C(=C/C=C/C=C/c2sc3c([n+]2C)=CCCC=3)c2ccccc21. The number of nitrogens with zero attached hydrogens (tertiary/aromatic N) is 3. The maximum atomic E-state index is 2.37. The number of hydrogen-bond acceptors (Lipinski definition) is 3. The Labute approximate surface area is 211 Å². The zero-order valence-corrected chi connectivity index (χ0v) is 21.6. The molecule has 4 rings (SSSR count). The number of para-hydroxylation sites is 1. The summed E-state index contributed by atoms with van der Waals surface area (Å²) in [7, 11) is 6.42. The highest BCUT2D eigenvalue weighted by atomic mass is 32.1. The van der Waals surface area contributed by atoms with Crippen molar-refractivity contribution in [2.45, 2.75) is 40.5 Å². The fraction of sp³-hybridized carbons (Fsp3) is 0.367. The summed E-state index contributed by atoms with van der Waals surface area (Å²) in [5.74, 6) is 0. The molecule has 1 aromatic heterocycles. The van der Waals surface area contributed by atoms with Gasteiger partial charge in [-0.3, -0.25) is 0 Å². The molecular weight excluding hydrogens is 434 g/mol. The van der Waals surface area contributed by atoms with Gasteiger partial charge < -0.3 is 9.80 Å². The van der Waals surface area contributed by atoms with Crippen molar-refractivity contribution in [3.05, 3.63) is 81.3 Å². The molecule has 0 N–H and O–H groups in total. The van der Waals surface area contributed by atoms with E-state index in [9.17, 15) is 0 Å². The molecule has 0 radical (unpaired) electrons. The molecule has 2 aromatic rings. The molecule has 1 aromatic carbocycles. The van der Waals surface area contributed by atoms with Crippen LogP contribution in [-0.4, -0.2) is 32.1 Å². The normalized spacial score (nSPS) is 15.5. The van der Waals surface area contributed by atoms with Crippen molar-refractivity contribution >= 4 is 40.8 Å². The van der Waals surface area contributed by atoms with E-state index in [-0.39, 0.29) is 7.43 Å². The number of thiazole rings is 1. The first-order chi connectivity index (χ1) is 16.1. The number of rotatable bonds is 7. The number of hydrogen-bond donors (Lipinski definition) is 0. The minimum absolute atomic E-state index is 0. The minimum atomic E-state index is 0. The topological polar surface area (TPSA) is 10.4 Å². The maximum Gasteiger partial charge on any atom is 0.262 e. The van der Waals surface area contributed by atoms with Gasteiger partial charge in [-0.05, 0) is 63.7 Å². The smallest absolute Gasteiger partial charge is 0.262 e. The molecule has 182 valence electrons. The van der Waals surface area contributed by atoms with Crippen molar-refractivity contribution in [3.63, 3.8) is 0 Å². The van der Waals surface area contributed by atoms with Gasteiger partial charge in [-0.1, -0.05) is 81.2 Å². The summed E-state index contributed by atoms with van der Waals surface area (Å²) in [6.45, 7) is 6.14. The van der Waals surface area contributed by atoms with Crippen LogP contribution in [0.5, 0.6) is 0 Å². The Hall–Kier alpha value is -2.69. The summed E-state index contributed by atoms with van der Waals surface area (Å²) >= 11 is 1.87. The van der Waals surface area contributed by atoms with Gasteiger partial charge in [0.2, 0.25) is 5.35 Å². The lowest BCUT2D eigenvalue weighted by Crippen LogP contribution is -2.51. The van der Waals surface area contributed by atoms with Gasteiger partial charge >= 0.3 is 0 Å². The highest BCUT2D eigenvalue weighted by Gasteiger charge is 2.15. The van der Waals surface area contributed by atoms with Gasteiger partial charge in [-0.25, -0.2) is 0 Å². The predicted octanol–water partition coefficient (Wildman–Crippen LogP) is 5.53. The molecule has 0 unspecified atom stereocenters. The first kappa shape index (κ1) is 27.6. The van der Waals surface area contributed by atoms with Gasteiger partial charge in [0.05, 0.1) is 0 Å². The third kappa shape index (κ3) is 6.91. The number of fused-ring (bicyclic) bond motifs is 2. The van der Waals surface area contributed by atoms with Crippen molar-refractivity contribution in [2.75, 3.05) is 32.1 Å². The van der Waals surface area contributed by atoms with Crippen molar-refractivity contribution < 1.29 is 4.57 Å². The number of allylic oxidation sites excluding steroid dienone is 6. The molecule has 4 heteroatoms. The first-order valence-electron chi connectivity index (χ1n) is 12.1. The second-order valence-corrected chi connectivity index (χ2v) is 9.35. The highest BCUT2D eigenvalue weighted by Crippen LogP contribution is 2.32. The van der Waals surface area contributed by atoms with Crippen LogP contribution in [0.1, 0.15) is 51.1 Å². The van der Waals surface area contributed by atoms with Gasteiger partial charge in [0.25, 0.3) is 5.01 Å². The summed E-state index contributed by atoms with van der Waals surface area (Å²) in [4.78, 5) is 4.61. The Morgan fingerprint density at radius 1 is 1.06 bits per heavy atom. The fourth-order valence-corrected chi connectivity index (χ4v) is 5.18. The Morgan fingerprint density at radius 3 is 2.59 bits per heavy atom. The molecule has 0 fully saturated rings. The molecule has 3 nitrogen and oxygen atoms in total. The molecule has 0 atom stereocenters. The van der Waals surface area contributed by atoms with E-state index < -0.39 is 0 Å². The van der Waals surface area contributed by atoms with Crippen LogP contribution in [0.4, 0.5) is 5.69 Å². The van der Waals surface area contributed by atoms with Crippen molar-refractivity contribution in [3.8, 4) is 0 Å². The number of anilines is 1. The van der Waals surface area contributed by atoms with Gasteiger partial charge in [-0.15, -0.1) is 0 Å². The Bertz CT molecular complexity index is 1160. The maximum absolute atomic E-state index is 2.37. The Morgan fingerprint density at radius 2 is 1.82 bits per heavy atom. The van der Waals surface area contributed by atoms with E-state index in [1.165, 1.54) is 31.7 Å². The Kier molecular flexibility index (Phi) is 11.2. The zero-order chi connectivity index (χ0) is 23.6. The number of benzene rings is 1. The van der Waals surface area contributed by atoms with E-state index in [2.05, 4.69) is 115 Å². The van der Waals surface area contributed by atoms with Crippen molar-refractivity contribution in [1.82, 2.24) is 4.90 Å². The van der Waals surface area contributed by atoms with Crippen LogP contribution in [0.3, 0.4) is 0 Å². The monoisotopic (exact) mass is 476 g/mol. The van der Waals surface area contributed by atoms with E-state index in [1.807, 2.05) is 25.2 Å². The molecule has 2 aliphatic rings. The molecule has 1 aliphatic carbocycles. The third-order valence-corrected chi connectivity index (χ3v) is 6.91. The van der Waals surface area contributed by atoms with Crippen LogP contribution in [0.2, 0.25) is 0 Å². The van der Waals surface area contributed by atoms with Crippen LogP contribution < -0.4 is 19.3 Å². The van der Waals surface area contributed by atoms with E-state index in [4.69, 9.17) is 0 Å². The predicted molar refractivity (Wildman–Crippen MR) is 153 cm³/mol. The van der Waals surface area contributed by atoms with Crippen LogP contribution >= 0.6 is 11.3 Å². The summed E-state index contributed by atoms with van der Waals surface area (Å²) in [5.41, 5.74) is 3.85. The molecule has 0 saturated carbocycles. The lowest BCUT2D eigenvalue weighted by atomic mass is 9.99. The van der Waals surface area contributed by atoms with E-state index in [0.717, 1.165) is 32.4 Å². The molecular formula is C30H42N3S+. The van der Waals surface area contributed by atoms with E-state index in [0.29, 0.717) is 0 Å². The lowest BCUT2D eigenvalue weighted by molar-refractivity contribution is -0.681. The molecule has 34 heavy (non-hydrogen) atoms. The average Bonchev–Trinajstić information content (AvgIpc) is 3.16. The summed E-state index contributed by atoms with van der Waals surface area (Å²) in [6.07, 6.45) is 23.4. The molecule has 0 bridgehead atoms. The minimum Gasteiger partial charge on any atom is -0.347 e. The standard InChI is InChI=1S/C27H32N3S.C2H6.CH4/c1-28(2)19-11-20-30-21-18-22(23-13-7-8-14-24(23)30)12-5-4-6-17-27-29(3)25-15-9-10-16-26(25)31-27;1-2;/h4-8,12-18,21H,9-11,19-20H2,1-3H3;1-2H3;1H4/q+1;;. The van der Waals surface area contributed by atoms with Crippen molar-refractivity contribution in [2.24, 2.45) is 7.05 Å². The van der Waals surface area contributed by atoms with Crippen LogP contribution in [0, 0.1) is 0 Å².